The summed E-state index contributed by atoms with van der Waals surface area (Å²) in [6.07, 6.45) is 0. The number of hydrogen-bond donors (Lipinski definition) is 2. The molecule has 1 amide bonds. The van der Waals surface area contributed by atoms with Crippen LogP contribution >= 0.6 is 0 Å². The lowest BCUT2D eigenvalue weighted by Crippen LogP contribution is -2.37. The summed E-state index contributed by atoms with van der Waals surface area (Å²) in [6, 6.07) is 18.6. The second-order valence-electron chi connectivity index (χ2n) is 4.73. The van der Waals surface area contributed by atoms with E-state index in [1.54, 1.807) is 31.2 Å². The number of hydrogen-bond acceptors (Lipinski definition) is 3. The van der Waals surface area contributed by atoms with Crippen molar-refractivity contribution in [3.63, 3.8) is 0 Å². The van der Waals surface area contributed by atoms with Crippen LogP contribution in [0.3, 0.4) is 0 Å². The molecule has 0 heterocycles. The van der Waals surface area contributed by atoms with Gasteiger partial charge in [0.05, 0.1) is 17.3 Å². The number of nitrogens with zero attached hydrogens (tertiary/aromatic N) is 1. The van der Waals surface area contributed by atoms with Gasteiger partial charge in [0.1, 0.15) is 6.07 Å². The maximum Gasteiger partial charge on any atom is 0.241 e. The molecular weight excluding hydrogens is 262 g/mol. The van der Waals surface area contributed by atoms with Crippen molar-refractivity contribution >= 4 is 11.6 Å². The summed E-state index contributed by atoms with van der Waals surface area (Å²) in [6.45, 7) is 2.42. The number of amides is 1. The Morgan fingerprint density at radius 1 is 1.14 bits per heavy atom. The van der Waals surface area contributed by atoms with Gasteiger partial charge < -0.3 is 10.6 Å². The molecule has 2 rings (SSSR count). The quantitative estimate of drug-likeness (QED) is 0.884. The van der Waals surface area contributed by atoms with Crippen LogP contribution in [0.5, 0.6) is 0 Å². The third-order valence-electron chi connectivity index (χ3n) is 3.15. The Kier molecular flexibility index (Phi) is 5.08. The van der Waals surface area contributed by atoms with E-state index in [0.717, 1.165) is 5.56 Å². The number of nitriles is 1. The van der Waals surface area contributed by atoms with E-state index in [2.05, 4.69) is 16.7 Å². The summed E-state index contributed by atoms with van der Waals surface area (Å²) in [5, 5.41) is 14.9. The summed E-state index contributed by atoms with van der Waals surface area (Å²) in [5.41, 5.74) is 2.12. The smallest absolute Gasteiger partial charge is 0.241 e. The van der Waals surface area contributed by atoms with Crippen LogP contribution in [0.2, 0.25) is 0 Å². The van der Waals surface area contributed by atoms with Gasteiger partial charge in [0, 0.05) is 6.54 Å². The molecule has 0 aromatic heterocycles. The van der Waals surface area contributed by atoms with E-state index in [1.807, 2.05) is 30.3 Å². The fourth-order valence-electron chi connectivity index (χ4n) is 1.89. The highest BCUT2D eigenvalue weighted by atomic mass is 16.2. The highest BCUT2D eigenvalue weighted by molar-refractivity contribution is 5.95. The zero-order valence-corrected chi connectivity index (χ0v) is 11.8. The zero-order chi connectivity index (χ0) is 15.1. The van der Waals surface area contributed by atoms with Crippen LogP contribution in [0.1, 0.15) is 18.1 Å². The Balaban J connectivity index is 1.92. The fourth-order valence-corrected chi connectivity index (χ4v) is 1.89. The molecule has 4 heteroatoms. The normalized spacial score (nSPS) is 11.4. The molecule has 4 nitrogen and oxygen atoms in total. The minimum Gasteiger partial charge on any atom is -0.324 e. The van der Waals surface area contributed by atoms with E-state index >= 15 is 0 Å². The van der Waals surface area contributed by atoms with Crippen LogP contribution in [-0.4, -0.2) is 11.9 Å². The topological polar surface area (TPSA) is 64.9 Å². The van der Waals surface area contributed by atoms with Crippen LogP contribution < -0.4 is 10.6 Å². The molecule has 0 saturated carbocycles. The summed E-state index contributed by atoms with van der Waals surface area (Å²) >= 11 is 0. The molecule has 2 aromatic rings. The Hall–Kier alpha value is -2.64. The predicted molar refractivity (Wildman–Crippen MR) is 82.5 cm³/mol. The Labute approximate surface area is 124 Å². The highest BCUT2D eigenvalue weighted by Gasteiger charge is 2.13. The molecule has 0 aliphatic carbocycles. The predicted octanol–water partition coefficient (Wildman–Crippen LogP) is 2.68. The van der Waals surface area contributed by atoms with Gasteiger partial charge in [0.15, 0.2) is 0 Å². The van der Waals surface area contributed by atoms with Crippen molar-refractivity contribution in [2.75, 3.05) is 5.32 Å². The number of benzene rings is 2. The first-order chi connectivity index (χ1) is 10.2. The van der Waals surface area contributed by atoms with Crippen LogP contribution in [0.4, 0.5) is 5.69 Å². The number of anilines is 1. The van der Waals surface area contributed by atoms with Gasteiger partial charge in [-0.25, -0.2) is 0 Å². The highest BCUT2D eigenvalue weighted by Crippen LogP contribution is 2.13. The van der Waals surface area contributed by atoms with Gasteiger partial charge in [-0.1, -0.05) is 42.5 Å². The van der Waals surface area contributed by atoms with E-state index in [-0.39, 0.29) is 11.9 Å². The Morgan fingerprint density at radius 3 is 2.52 bits per heavy atom. The van der Waals surface area contributed by atoms with E-state index in [0.29, 0.717) is 17.8 Å². The maximum absolute atomic E-state index is 12.1. The fraction of sp³-hybridized carbons (Fsp3) is 0.176. The molecule has 0 spiro atoms. The first-order valence-electron chi connectivity index (χ1n) is 6.78. The standard InChI is InChI=1S/C17H17N3O/c1-13(19-12-14-7-3-2-4-8-14)17(21)20-16-10-6-5-9-15(16)11-18/h2-10,13,19H,12H2,1H3,(H,20,21). The molecule has 0 aliphatic heterocycles. The van der Waals surface area contributed by atoms with Gasteiger partial charge in [-0.3, -0.25) is 4.79 Å². The minimum absolute atomic E-state index is 0.159. The third kappa shape index (κ3) is 4.16. The molecule has 0 bridgehead atoms. The van der Waals surface area contributed by atoms with Gasteiger partial charge in [0.25, 0.3) is 0 Å². The third-order valence-corrected chi connectivity index (χ3v) is 3.15. The Bertz CT molecular complexity index is 647. The zero-order valence-electron chi connectivity index (χ0n) is 11.8. The van der Waals surface area contributed by atoms with Crippen molar-refractivity contribution in [3.8, 4) is 6.07 Å². The molecular formula is C17H17N3O. The van der Waals surface area contributed by atoms with Gasteiger partial charge in [-0.2, -0.15) is 5.26 Å². The average Bonchev–Trinajstić information content (AvgIpc) is 2.54. The molecule has 21 heavy (non-hydrogen) atoms. The number of para-hydroxylation sites is 1. The molecule has 0 saturated heterocycles. The average molecular weight is 279 g/mol. The van der Waals surface area contributed by atoms with Gasteiger partial charge in [-0.15, -0.1) is 0 Å². The SMILES string of the molecule is CC(NCc1ccccc1)C(=O)Nc1ccccc1C#N. The molecule has 106 valence electrons. The maximum atomic E-state index is 12.1. The van der Waals surface area contributed by atoms with Crippen LogP contribution in [0.15, 0.2) is 54.6 Å². The van der Waals surface area contributed by atoms with Gasteiger partial charge in [-0.05, 0) is 24.6 Å². The van der Waals surface area contributed by atoms with E-state index in [1.165, 1.54) is 0 Å². The van der Waals surface area contributed by atoms with Gasteiger partial charge >= 0.3 is 0 Å². The number of nitrogens with one attached hydrogen (secondary N) is 2. The second kappa shape index (κ2) is 7.22. The largest absolute Gasteiger partial charge is 0.324 e. The van der Waals surface area contributed by atoms with E-state index < -0.39 is 0 Å². The molecule has 0 radical (unpaired) electrons. The lowest BCUT2D eigenvalue weighted by Gasteiger charge is -2.14. The summed E-state index contributed by atoms with van der Waals surface area (Å²) in [7, 11) is 0. The molecule has 0 fully saturated rings. The van der Waals surface area contributed by atoms with E-state index in [9.17, 15) is 4.79 Å². The first kappa shape index (κ1) is 14.8. The number of carbonyl (C=O) groups is 1. The molecule has 2 N–H and O–H groups in total. The molecule has 1 unspecified atom stereocenters. The monoisotopic (exact) mass is 279 g/mol. The van der Waals surface area contributed by atoms with Crippen molar-refractivity contribution in [2.45, 2.75) is 19.5 Å². The van der Waals surface area contributed by atoms with Gasteiger partial charge in [0.2, 0.25) is 5.91 Å². The lowest BCUT2D eigenvalue weighted by atomic mass is 10.2. The molecule has 1 atom stereocenters. The number of carbonyl (C=O) groups excluding carboxylic acids is 1. The Morgan fingerprint density at radius 2 is 1.81 bits per heavy atom. The summed E-state index contributed by atoms with van der Waals surface area (Å²) < 4.78 is 0. The van der Waals surface area contributed by atoms with E-state index in [4.69, 9.17) is 5.26 Å². The van der Waals surface area contributed by atoms with Crippen molar-refractivity contribution in [1.29, 1.82) is 5.26 Å². The first-order valence-corrected chi connectivity index (χ1v) is 6.78. The van der Waals surface area contributed by atoms with Crippen LogP contribution in [0.25, 0.3) is 0 Å². The number of rotatable bonds is 5. The van der Waals surface area contributed by atoms with Crippen molar-refractivity contribution in [3.05, 3.63) is 65.7 Å². The van der Waals surface area contributed by atoms with Crippen molar-refractivity contribution < 1.29 is 4.79 Å². The van der Waals surface area contributed by atoms with Crippen molar-refractivity contribution in [1.82, 2.24) is 5.32 Å². The summed E-state index contributed by atoms with van der Waals surface area (Å²) in [4.78, 5) is 12.1. The summed E-state index contributed by atoms with van der Waals surface area (Å²) in [5.74, 6) is -0.159. The molecule has 0 aliphatic rings. The van der Waals surface area contributed by atoms with Crippen molar-refractivity contribution in [2.24, 2.45) is 0 Å². The molecule has 2 aromatic carbocycles. The van der Waals surface area contributed by atoms with Crippen LogP contribution in [-0.2, 0) is 11.3 Å². The van der Waals surface area contributed by atoms with Crippen LogP contribution in [0, 0.1) is 11.3 Å². The second-order valence-corrected chi connectivity index (χ2v) is 4.73. The lowest BCUT2D eigenvalue weighted by molar-refractivity contribution is -0.117. The minimum atomic E-state index is -0.350.